The van der Waals surface area contributed by atoms with Crippen molar-refractivity contribution in [3.63, 3.8) is 0 Å². The van der Waals surface area contributed by atoms with Gasteiger partial charge in [0.15, 0.2) is 5.78 Å². The summed E-state index contributed by atoms with van der Waals surface area (Å²) in [6.07, 6.45) is 0. The highest BCUT2D eigenvalue weighted by Gasteiger charge is 2.17. The van der Waals surface area contributed by atoms with E-state index < -0.39 is 0 Å². The molecule has 0 aromatic carbocycles. The highest BCUT2D eigenvalue weighted by molar-refractivity contribution is 5.98. The monoisotopic (exact) mass is 163 g/mol. The molecule has 0 unspecified atom stereocenters. The fraction of sp³-hybridized carbons (Fsp3) is 0.333. The molecule has 0 aliphatic carbocycles. The van der Waals surface area contributed by atoms with Gasteiger partial charge in [0.1, 0.15) is 6.61 Å². The molecule has 0 fully saturated rings. The first-order valence-electron chi connectivity index (χ1n) is 3.85. The Morgan fingerprint density at radius 2 is 2.25 bits per heavy atom. The minimum absolute atomic E-state index is 0.0313. The first-order chi connectivity index (χ1) is 5.77. The van der Waals surface area contributed by atoms with E-state index in [0.29, 0.717) is 12.2 Å². The Bertz CT molecular complexity index is 333. The molecule has 0 N–H and O–H groups in total. The highest BCUT2D eigenvalue weighted by Crippen LogP contribution is 2.14. The molecule has 1 aromatic rings. The van der Waals surface area contributed by atoms with Gasteiger partial charge < -0.3 is 4.74 Å². The van der Waals surface area contributed by atoms with Crippen molar-refractivity contribution >= 4 is 5.78 Å². The predicted molar refractivity (Wildman–Crippen MR) is 43.0 cm³/mol. The number of rotatable bonds is 0. The minimum atomic E-state index is 0.0313. The standard InChI is InChI=1S/C9H9NO2/c1-6-2-3-7-8(10-6)4-12-5-9(7)11/h2-3H,4-5H2,1H3. The zero-order valence-corrected chi connectivity index (χ0v) is 6.83. The van der Waals surface area contributed by atoms with E-state index in [1.165, 1.54) is 0 Å². The average molecular weight is 163 g/mol. The largest absolute Gasteiger partial charge is 0.367 e. The SMILES string of the molecule is Cc1ccc2c(n1)COCC2=O. The summed E-state index contributed by atoms with van der Waals surface area (Å²) in [7, 11) is 0. The Balaban J connectivity index is 2.53. The van der Waals surface area contributed by atoms with E-state index in [1.54, 1.807) is 0 Å². The van der Waals surface area contributed by atoms with E-state index in [0.717, 1.165) is 11.4 Å². The number of aryl methyl sites for hydroxylation is 1. The van der Waals surface area contributed by atoms with Crippen LogP contribution in [0.25, 0.3) is 0 Å². The van der Waals surface area contributed by atoms with Crippen molar-refractivity contribution in [2.45, 2.75) is 13.5 Å². The summed E-state index contributed by atoms with van der Waals surface area (Å²) < 4.78 is 5.05. The van der Waals surface area contributed by atoms with Gasteiger partial charge >= 0.3 is 0 Å². The van der Waals surface area contributed by atoms with E-state index in [-0.39, 0.29) is 12.4 Å². The summed E-state index contributed by atoms with van der Waals surface area (Å²) in [5.74, 6) is 0.0313. The van der Waals surface area contributed by atoms with Gasteiger partial charge in [-0.05, 0) is 19.1 Å². The van der Waals surface area contributed by atoms with Gasteiger partial charge in [0.2, 0.25) is 0 Å². The third-order valence-corrected chi connectivity index (χ3v) is 1.89. The molecule has 12 heavy (non-hydrogen) atoms. The molecule has 2 heterocycles. The van der Waals surface area contributed by atoms with Crippen LogP contribution in [-0.4, -0.2) is 17.4 Å². The van der Waals surface area contributed by atoms with Crippen molar-refractivity contribution in [1.29, 1.82) is 0 Å². The number of Topliss-reactive ketones (excluding diaryl/α,β-unsaturated/α-hetero) is 1. The maximum absolute atomic E-state index is 11.2. The van der Waals surface area contributed by atoms with Crippen LogP contribution in [-0.2, 0) is 11.3 Å². The molecule has 1 aliphatic heterocycles. The van der Waals surface area contributed by atoms with Crippen LogP contribution in [0.15, 0.2) is 12.1 Å². The predicted octanol–water partition coefficient (Wildman–Crippen LogP) is 1.10. The van der Waals surface area contributed by atoms with E-state index in [4.69, 9.17) is 4.74 Å². The zero-order valence-electron chi connectivity index (χ0n) is 6.83. The Hall–Kier alpha value is -1.22. The van der Waals surface area contributed by atoms with Gasteiger partial charge in [-0.1, -0.05) is 0 Å². The number of hydrogen-bond acceptors (Lipinski definition) is 3. The van der Waals surface area contributed by atoms with Gasteiger partial charge in [0.05, 0.1) is 12.3 Å². The lowest BCUT2D eigenvalue weighted by Gasteiger charge is -2.13. The van der Waals surface area contributed by atoms with Crippen molar-refractivity contribution in [3.8, 4) is 0 Å². The molecule has 3 heteroatoms. The summed E-state index contributed by atoms with van der Waals surface area (Å²) in [6, 6.07) is 3.67. The number of pyridine rings is 1. The van der Waals surface area contributed by atoms with E-state index in [2.05, 4.69) is 4.98 Å². The van der Waals surface area contributed by atoms with Gasteiger partial charge in [-0.2, -0.15) is 0 Å². The Morgan fingerprint density at radius 1 is 1.42 bits per heavy atom. The number of carbonyl (C=O) groups is 1. The molecule has 0 atom stereocenters. The van der Waals surface area contributed by atoms with Crippen LogP contribution in [0, 0.1) is 6.92 Å². The number of fused-ring (bicyclic) bond motifs is 1. The molecule has 0 saturated carbocycles. The number of ketones is 1. The van der Waals surface area contributed by atoms with Gasteiger partial charge in [-0.15, -0.1) is 0 Å². The topological polar surface area (TPSA) is 39.2 Å². The maximum atomic E-state index is 11.2. The second-order valence-corrected chi connectivity index (χ2v) is 2.86. The maximum Gasteiger partial charge on any atom is 0.190 e. The molecule has 0 spiro atoms. The van der Waals surface area contributed by atoms with Crippen LogP contribution in [0.2, 0.25) is 0 Å². The van der Waals surface area contributed by atoms with Gasteiger partial charge in [-0.25, -0.2) is 0 Å². The Morgan fingerprint density at radius 3 is 3.08 bits per heavy atom. The van der Waals surface area contributed by atoms with Gasteiger partial charge in [-0.3, -0.25) is 9.78 Å². The number of aromatic nitrogens is 1. The number of hydrogen-bond donors (Lipinski definition) is 0. The molecule has 0 radical (unpaired) electrons. The molecule has 3 nitrogen and oxygen atoms in total. The van der Waals surface area contributed by atoms with Crippen LogP contribution in [0.1, 0.15) is 21.7 Å². The van der Waals surface area contributed by atoms with Gasteiger partial charge in [0.25, 0.3) is 0 Å². The molecular formula is C9H9NO2. The molecular weight excluding hydrogens is 154 g/mol. The fourth-order valence-electron chi connectivity index (χ4n) is 1.29. The quantitative estimate of drug-likeness (QED) is 0.575. The van der Waals surface area contributed by atoms with Crippen LogP contribution in [0.4, 0.5) is 0 Å². The lowest BCUT2D eigenvalue weighted by atomic mass is 10.1. The first-order valence-corrected chi connectivity index (χ1v) is 3.85. The smallest absolute Gasteiger partial charge is 0.190 e. The Kier molecular flexibility index (Phi) is 1.66. The zero-order chi connectivity index (χ0) is 8.55. The fourth-order valence-corrected chi connectivity index (χ4v) is 1.29. The van der Waals surface area contributed by atoms with Crippen molar-refractivity contribution < 1.29 is 9.53 Å². The second kappa shape index (κ2) is 2.68. The number of nitrogens with zero attached hydrogens (tertiary/aromatic N) is 1. The van der Waals surface area contributed by atoms with Crippen LogP contribution < -0.4 is 0 Å². The number of carbonyl (C=O) groups excluding carboxylic acids is 1. The van der Waals surface area contributed by atoms with Crippen molar-refractivity contribution in [3.05, 3.63) is 29.1 Å². The third-order valence-electron chi connectivity index (χ3n) is 1.89. The molecule has 1 aliphatic rings. The van der Waals surface area contributed by atoms with E-state index in [1.807, 2.05) is 19.1 Å². The van der Waals surface area contributed by atoms with Gasteiger partial charge in [0, 0.05) is 11.3 Å². The Labute approximate surface area is 70.4 Å². The summed E-state index contributed by atoms with van der Waals surface area (Å²) in [4.78, 5) is 15.5. The minimum Gasteiger partial charge on any atom is -0.367 e. The summed E-state index contributed by atoms with van der Waals surface area (Å²) in [6.45, 7) is 2.56. The normalized spacial score (nSPS) is 15.9. The van der Waals surface area contributed by atoms with Crippen molar-refractivity contribution in [2.24, 2.45) is 0 Å². The van der Waals surface area contributed by atoms with Crippen molar-refractivity contribution in [2.75, 3.05) is 6.61 Å². The van der Waals surface area contributed by atoms with E-state index >= 15 is 0 Å². The third kappa shape index (κ3) is 1.12. The van der Waals surface area contributed by atoms with Crippen LogP contribution in [0.3, 0.4) is 0 Å². The summed E-state index contributed by atoms with van der Waals surface area (Å²) in [5, 5.41) is 0. The lowest BCUT2D eigenvalue weighted by molar-refractivity contribution is 0.0654. The molecule has 0 bridgehead atoms. The molecule has 1 aromatic heterocycles. The first kappa shape index (κ1) is 7.43. The van der Waals surface area contributed by atoms with E-state index in [9.17, 15) is 4.79 Å². The molecule has 62 valence electrons. The van der Waals surface area contributed by atoms with Crippen LogP contribution >= 0.6 is 0 Å². The second-order valence-electron chi connectivity index (χ2n) is 2.86. The van der Waals surface area contributed by atoms with Crippen molar-refractivity contribution in [1.82, 2.24) is 4.98 Å². The lowest BCUT2D eigenvalue weighted by Crippen LogP contribution is -2.19. The number of ether oxygens (including phenoxy) is 1. The molecule has 0 saturated heterocycles. The molecule has 2 rings (SSSR count). The molecule has 0 amide bonds. The summed E-state index contributed by atoms with van der Waals surface area (Å²) in [5.41, 5.74) is 2.41. The van der Waals surface area contributed by atoms with Crippen LogP contribution in [0.5, 0.6) is 0 Å². The highest BCUT2D eigenvalue weighted by atomic mass is 16.5. The average Bonchev–Trinajstić information content (AvgIpc) is 2.04. The summed E-state index contributed by atoms with van der Waals surface area (Å²) >= 11 is 0.